The van der Waals surface area contributed by atoms with E-state index >= 15 is 0 Å². The van der Waals surface area contributed by atoms with Crippen LogP contribution in [0.1, 0.15) is 29.2 Å². The third kappa shape index (κ3) is 5.72. The van der Waals surface area contributed by atoms with Crippen LogP contribution in [-0.2, 0) is 27.2 Å². The highest BCUT2D eigenvalue weighted by molar-refractivity contribution is 5.99. The number of hydrogen-bond donors (Lipinski definition) is 2. The van der Waals surface area contributed by atoms with E-state index in [9.17, 15) is 18.8 Å². The van der Waals surface area contributed by atoms with Gasteiger partial charge in [-0.3, -0.25) is 19.3 Å². The summed E-state index contributed by atoms with van der Waals surface area (Å²) in [6.07, 6.45) is 0.131. The zero-order valence-corrected chi connectivity index (χ0v) is 19.1. The summed E-state index contributed by atoms with van der Waals surface area (Å²) in [6.45, 7) is 1.19. The molecule has 2 heterocycles. The van der Waals surface area contributed by atoms with Gasteiger partial charge in [-0.2, -0.15) is 0 Å². The minimum atomic E-state index is -0.867. The summed E-state index contributed by atoms with van der Waals surface area (Å²) in [6, 6.07) is 12.4. The average molecular weight is 469 g/mol. The number of primary amides is 1. The summed E-state index contributed by atoms with van der Waals surface area (Å²) in [4.78, 5) is 39.7. The maximum Gasteiger partial charge on any atom is 0.255 e. The molecule has 0 aliphatic carbocycles. The van der Waals surface area contributed by atoms with Crippen LogP contribution >= 0.6 is 0 Å². The number of rotatable bonds is 9. The van der Waals surface area contributed by atoms with Gasteiger partial charge in [0.15, 0.2) is 6.61 Å². The molecule has 0 radical (unpaired) electrons. The second kappa shape index (κ2) is 10.2. The first-order valence-electron chi connectivity index (χ1n) is 11.3. The predicted molar refractivity (Wildman–Crippen MR) is 125 cm³/mol. The van der Waals surface area contributed by atoms with Crippen molar-refractivity contribution in [3.63, 3.8) is 0 Å². The first kappa shape index (κ1) is 23.7. The van der Waals surface area contributed by atoms with Gasteiger partial charge >= 0.3 is 0 Å². The number of alkyl halides is 1. The maximum absolute atomic E-state index is 13.8. The molecule has 2 aromatic carbocycles. The molecule has 1 fully saturated rings. The molecular formula is C25H29FN4O4. The van der Waals surface area contributed by atoms with Gasteiger partial charge in [0.2, 0.25) is 11.8 Å². The Morgan fingerprint density at radius 3 is 2.85 bits per heavy atom. The van der Waals surface area contributed by atoms with Gasteiger partial charge in [0.1, 0.15) is 11.9 Å². The highest BCUT2D eigenvalue weighted by atomic mass is 19.1. The molecule has 2 aromatic rings. The van der Waals surface area contributed by atoms with Gasteiger partial charge in [-0.05, 0) is 41.3 Å². The summed E-state index contributed by atoms with van der Waals surface area (Å²) in [5, 5.41) is 2.81. The van der Waals surface area contributed by atoms with Crippen LogP contribution in [0.5, 0.6) is 5.75 Å². The number of likely N-dealkylation sites (N-methyl/N-ethyl adjacent to an activating group) is 1. The minimum Gasteiger partial charge on any atom is -0.484 e. The molecule has 2 aliphatic rings. The molecule has 8 nitrogen and oxygen atoms in total. The number of ether oxygens (including phenoxy) is 1. The molecule has 4 rings (SSSR count). The van der Waals surface area contributed by atoms with Gasteiger partial charge in [0.05, 0.1) is 18.9 Å². The molecule has 180 valence electrons. The number of likely N-dealkylation sites (tertiary alicyclic amines) is 1. The van der Waals surface area contributed by atoms with Crippen molar-refractivity contribution >= 4 is 23.4 Å². The van der Waals surface area contributed by atoms with Crippen LogP contribution in [0.4, 0.5) is 10.1 Å². The summed E-state index contributed by atoms with van der Waals surface area (Å²) < 4.78 is 19.3. The molecule has 1 unspecified atom stereocenters. The van der Waals surface area contributed by atoms with Crippen molar-refractivity contribution in [3.8, 4) is 5.75 Å². The van der Waals surface area contributed by atoms with Crippen molar-refractivity contribution in [2.24, 2.45) is 5.73 Å². The summed E-state index contributed by atoms with van der Waals surface area (Å²) in [5.74, 6) is -0.258. The first-order valence-corrected chi connectivity index (χ1v) is 11.3. The molecule has 0 spiro atoms. The molecular weight excluding hydrogens is 439 g/mol. The van der Waals surface area contributed by atoms with Crippen molar-refractivity contribution in [1.82, 2.24) is 9.80 Å². The Bertz CT molecular complexity index is 1090. The van der Waals surface area contributed by atoms with Crippen molar-refractivity contribution in [2.45, 2.75) is 31.5 Å². The van der Waals surface area contributed by atoms with Crippen LogP contribution in [0.15, 0.2) is 42.5 Å². The normalized spacial score (nSPS) is 18.3. The van der Waals surface area contributed by atoms with Crippen LogP contribution in [0.3, 0.4) is 0 Å². The Kier molecular flexibility index (Phi) is 7.12. The van der Waals surface area contributed by atoms with Crippen LogP contribution in [-0.4, -0.2) is 67.0 Å². The standard InChI is InChI=1S/C25H29FN4O4/c1-29(25(33)10-16-5-6-17-12-24(32)28-21(17)9-16)22(14-30-8-7-19(26)13-30)18-3-2-4-20(11-18)34-15-23(27)31/h2-6,9,11,19,22H,7-8,10,12-15H2,1H3,(H2,27,31)(H,28,32)/t19?,22-/m1/s1. The second-order valence-corrected chi connectivity index (χ2v) is 8.89. The van der Waals surface area contributed by atoms with E-state index in [1.807, 2.05) is 29.2 Å². The average Bonchev–Trinajstić information content (AvgIpc) is 3.39. The van der Waals surface area contributed by atoms with Crippen molar-refractivity contribution < 1.29 is 23.5 Å². The Labute approximate surface area is 197 Å². The molecule has 0 aromatic heterocycles. The monoisotopic (exact) mass is 468 g/mol. The number of nitrogens with zero attached hydrogens (tertiary/aromatic N) is 2. The summed E-state index contributed by atoms with van der Waals surface area (Å²) in [5.41, 5.74) is 8.48. The fourth-order valence-electron chi connectivity index (χ4n) is 4.46. The van der Waals surface area contributed by atoms with Gasteiger partial charge in [0.25, 0.3) is 5.91 Å². The lowest BCUT2D eigenvalue weighted by atomic mass is 10.0. The van der Waals surface area contributed by atoms with E-state index < -0.39 is 12.1 Å². The molecule has 1 saturated heterocycles. The number of carbonyl (C=O) groups is 3. The lowest BCUT2D eigenvalue weighted by Crippen LogP contribution is -2.39. The third-order valence-corrected chi connectivity index (χ3v) is 6.29. The molecule has 0 bridgehead atoms. The third-order valence-electron chi connectivity index (χ3n) is 6.29. The van der Waals surface area contributed by atoms with Crippen molar-refractivity contribution in [3.05, 3.63) is 59.2 Å². The van der Waals surface area contributed by atoms with Gasteiger partial charge in [-0.1, -0.05) is 24.3 Å². The number of halogens is 1. The van der Waals surface area contributed by atoms with Gasteiger partial charge < -0.3 is 20.7 Å². The Balaban J connectivity index is 1.52. The van der Waals surface area contributed by atoms with Gasteiger partial charge in [-0.25, -0.2) is 4.39 Å². The number of fused-ring (bicyclic) bond motifs is 1. The van der Waals surface area contributed by atoms with E-state index in [-0.39, 0.29) is 30.9 Å². The van der Waals surface area contributed by atoms with E-state index in [2.05, 4.69) is 5.32 Å². The number of carbonyl (C=O) groups excluding carboxylic acids is 3. The molecule has 34 heavy (non-hydrogen) atoms. The number of nitrogens with two attached hydrogens (primary N) is 1. The Morgan fingerprint density at radius 1 is 1.29 bits per heavy atom. The fourth-order valence-corrected chi connectivity index (χ4v) is 4.46. The summed E-state index contributed by atoms with van der Waals surface area (Å²) >= 11 is 0. The highest BCUT2D eigenvalue weighted by Gasteiger charge is 2.29. The topological polar surface area (TPSA) is 105 Å². The first-order chi connectivity index (χ1) is 16.3. The SMILES string of the molecule is CN(C(=O)Cc1ccc2c(c1)NC(=O)C2)[C@H](CN1CCC(F)C1)c1cccc(OCC(N)=O)c1. The minimum absolute atomic E-state index is 0.0501. The van der Waals surface area contributed by atoms with E-state index in [0.29, 0.717) is 38.2 Å². The van der Waals surface area contributed by atoms with Crippen molar-refractivity contribution in [2.75, 3.05) is 38.6 Å². The Hall–Kier alpha value is -3.46. The molecule has 9 heteroatoms. The molecule has 3 N–H and O–H groups in total. The maximum atomic E-state index is 13.8. The molecule has 0 saturated carbocycles. The van der Waals surface area contributed by atoms with E-state index in [1.54, 1.807) is 30.1 Å². The molecule has 2 atom stereocenters. The number of benzene rings is 2. The second-order valence-electron chi connectivity index (χ2n) is 8.89. The zero-order valence-electron chi connectivity index (χ0n) is 19.1. The molecule has 2 aliphatic heterocycles. The smallest absolute Gasteiger partial charge is 0.255 e. The Morgan fingerprint density at radius 2 is 2.12 bits per heavy atom. The quantitative estimate of drug-likeness (QED) is 0.584. The van der Waals surface area contributed by atoms with Crippen molar-refractivity contribution in [1.29, 1.82) is 0 Å². The number of hydrogen-bond acceptors (Lipinski definition) is 5. The van der Waals surface area contributed by atoms with Crippen LogP contribution in [0, 0.1) is 0 Å². The van der Waals surface area contributed by atoms with Crippen LogP contribution < -0.4 is 15.8 Å². The van der Waals surface area contributed by atoms with Gasteiger partial charge in [0, 0.05) is 32.4 Å². The largest absolute Gasteiger partial charge is 0.484 e. The lowest BCUT2D eigenvalue weighted by Gasteiger charge is -2.32. The van der Waals surface area contributed by atoms with Crippen LogP contribution in [0.25, 0.3) is 0 Å². The van der Waals surface area contributed by atoms with Gasteiger partial charge in [-0.15, -0.1) is 0 Å². The number of anilines is 1. The highest BCUT2D eigenvalue weighted by Crippen LogP contribution is 2.28. The fraction of sp³-hybridized carbons (Fsp3) is 0.400. The number of nitrogens with one attached hydrogen (secondary N) is 1. The number of amides is 3. The lowest BCUT2D eigenvalue weighted by molar-refractivity contribution is -0.131. The summed E-state index contributed by atoms with van der Waals surface area (Å²) in [7, 11) is 1.74. The van der Waals surface area contributed by atoms with E-state index in [0.717, 1.165) is 22.4 Å². The zero-order chi connectivity index (χ0) is 24.2. The molecule has 3 amide bonds. The van der Waals surface area contributed by atoms with Crippen LogP contribution in [0.2, 0.25) is 0 Å². The van der Waals surface area contributed by atoms with E-state index in [4.69, 9.17) is 10.5 Å². The predicted octanol–water partition coefficient (Wildman–Crippen LogP) is 1.83. The van der Waals surface area contributed by atoms with E-state index in [1.165, 1.54) is 0 Å².